The molecular weight excluding hydrogens is 306 g/mol. The zero-order chi connectivity index (χ0) is 13.0. The smallest absolute Gasteiger partial charge is 0.0208 e. The van der Waals surface area contributed by atoms with E-state index in [9.17, 15) is 0 Å². The third-order valence-corrected chi connectivity index (χ3v) is 5.74. The zero-order valence-corrected chi connectivity index (χ0v) is 13.6. The normalized spacial score (nSPS) is 24.2. The monoisotopic (exact) mass is 327 g/mol. The number of benzene rings is 1. The minimum atomic E-state index is 0.705. The van der Waals surface area contributed by atoms with Crippen LogP contribution in [-0.4, -0.2) is 17.5 Å². The summed E-state index contributed by atoms with van der Waals surface area (Å²) in [5, 5.41) is 4.58. The van der Waals surface area contributed by atoms with Gasteiger partial charge in [0.1, 0.15) is 0 Å². The van der Waals surface area contributed by atoms with Gasteiger partial charge in [-0.1, -0.05) is 34.5 Å². The molecule has 1 aliphatic rings. The Balaban J connectivity index is 1.85. The van der Waals surface area contributed by atoms with Gasteiger partial charge in [0.25, 0.3) is 0 Å². The van der Waals surface area contributed by atoms with Gasteiger partial charge < -0.3 is 5.32 Å². The van der Waals surface area contributed by atoms with Crippen LogP contribution in [0.1, 0.15) is 36.8 Å². The summed E-state index contributed by atoms with van der Waals surface area (Å²) in [4.78, 5) is 0. The molecule has 0 heterocycles. The fourth-order valence-electron chi connectivity index (χ4n) is 2.55. The summed E-state index contributed by atoms with van der Waals surface area (Å²) in [6, 6.07) is 7.35. The summed E-state index contributed by atoms with van der Waals surface area (Å²) in [5.74, 6) is 0. The molecule has 1 aromatic rings. The molecular formula is C15H22BrNS. The van der Waals surface area contributed by atoms with Crippen molar-refractivity contribution in [1.82, 2.24) is 5.32 Å². The van der Waals surface area contributed by atoms with Crippen LogP contribution in [0, 0.1) is 6.92 Å². The fraction of sp³-hybridized carbons (Fsp3) is 0.600. The van der Waals surface area contributed by atoms with Gasteiger partial charge in [-0.2, -0.15) is 11.8 Å². The molecule has 2 atom stereocenters. The Labute approximate surface area is 123 Å². The van der Waals surface area contributed by atoms with Crippen LogP contribution in [0.4, 0.5) is 0 Å². The van der Waals surface area contributed by atoms with Crippen molar-refractivity contribution < 1.29 is 0 Å². The Morgan fingerprint density at radius 3 is 2.94 bits per heavy atom. The average Bonchev–Trinajstić information content (AvgIpc) is 2.40. The summed E-state index contributed by atoms with van der Waals surface area (Å²) >= 11 is 5.63. The van der Waals surface area contributed by atoms with Gasteiger partial charge in [0.05, 0.1) is 0 Å². The van der Waals surface area contributed by atoms with Gasteiger partial charge >= 0.3 is 0 Å². The average molecular weight is 328 g/mol. The second-order valence-corrected chi connectivity index (χ2v) is 7.18. The highest BCUT2D eigenvalue weighted by Gasteiger charge is 2.20. The van der Waals surface area contributed by atoms with Crippen LogP contribution in [-0.2, 0) is 6.54 Å². The summed E-state index contributed by atoms with van der Waals surface area (Å²) in [7, 11) is 0. The molecule has 18 heavy (non-hydrogen) atoms. The molecule has 1 fully saturated rings. The van der Waals surface area contributed by atoms with Crippen molar-refractivity contribution in [2.75, 3.05) is 6.26 Å². The Kier molecular flexibility index (Phi) is 5.58. The van der Waals surface area contributed by atoms with Crippen LogP contribution in [0.5, 0.6) is 0 Å². The van der Waals surface area contributed by atoms with E-state index in [0.717, 1.165) is 11.8 Å². The number of thioether (sulfide) groups is 1. The minimum Gasteiger partial charge on any atom is -0.310 e. The van der Waals surface area contributed by atoms with E-state index in [1.54, 1.807) is 0 Å². The van der Waals surface area contributed by atoms with Crippen LogP contribution in [0.25, 0.3) is 0 Å². The van der Waals surface area contributed by atoms with E-state index in [2.05, 4.69) is 52.6 Å². The zero-order valence-electron chi connectivity index (χ0n) is 11.2. The third-order valence-electron chi connectivity index (χ3n) is 3.79. The number of hydrogen-bond acceptors (Lipinski definition) is 2. The van der Waals surface area contributed by atoms with Crippen LogP contribution in [0.15, 0.2) is 22.7 Å². The molecule has 0 bridgehead atoms. The van der Waals surface area contributed by atoms with Crippen LogP contribution in [0.3, 0.4) is 0 Å². The van der Waals surface area contributed by atoms with E-state index in [1.165, 1.54) is 41.3 Å². The molecule has 2 unspecified atom stereocenters. The van der Waals surface area contributed by atoms with Gasteiger partial charge in [0.2, 0.25) is 0 Å². The van der Waals surface area contributed by atoms with Crippen molar-refractivity contribution in [1.29, 1.82) is 0 Å². The van der Waals surface area contributed by atoms with Crippen molar-refractivity contribution in [2.45, 2.75) is 50.4 Å². The van der Waals surface area contributed by atoms with E-state index < -0.39 is 0 Å². The number of halogens is 1. The highest BCUT2D eigenvalue weighted by Crippen LogP contribution is 2.27. The van der Waals surface area contributed by atoms with Crippen LogP contribution >= 0.6 is 27.7 Å². The van der Waals surface area contributed by atoms with E-state index in [1.807, 2.05) is 11.8 Å². The molecule has 1 N–H and O–H groups in total. The van der Waals surface area contributed by atoms with E-state index >= 15 is 0 Å². The van der Waals surface area contributed by atoms with Crippen molar-refractivity contribution >= 4 is 27.7 Å². The lowest BCUT2D eigenvalue weighted by Gasteiger charge is -2.28. The number of aryl methyl sites for hydroxylation is 1. The fourth-order valence-corrected chi connectivity index (χ4v) is 3.81. The Hall–Kier alpha value is 0.01000. The van der Waals surface area contributed by atoms with Crippen molar-refractivity contribution in [3.05, 3.63) is 33.8 Å². The van der Waals surface area contributed by atoms with E-state index in [4.69, 9.17) is 0 Å². The molecule has 0 saturated heterocycles. The summed E-state index contributed by atoms with van der Waals surface area (Å²) in [6.45, 7) is 3.12. The maximum Gasteiger partial charge on any atom is 0.0208 e. The van der Waals surface area contributed by atoms with Gasteiger partial charge in [0, 0.05) is 22.3 Å². The minimum absolute atomic E-state index is 0.705. The molecule has 0 radical (unpaired) electrons. The van der Waals surface area contributed by atoms with Crippen LogP contribution < -0.4 is 5.32 Å². The highest BCUT2D eigenvalue weighted by atomic mass is 79.9. The number of nitrogens with one attached hydrogen (secondary N) is 1. The van der Waals surface area contributed by atoms with Gasteiger partial charge in [-0.25, -0.2) is 0 Å². The summed E-state index contributed by atoms with van der Waals surface area (Å²) in [6.07, 6.45) is 7.68. The molecule has 1 aromatic carbocycles. The molecule has 100 valence electrons. The standard InChI is InChI=1S/C15H22BrNS/c1-11-6-7-12(8-15(11)16)10-17-13-4-3-5-14(9-13)18-2/h6-8,13-14,17H,3-5,9-10H2,1-2H3. The molecule has 1 nitrogen and oxygen atoms in total. The lowest BCUT2D eigenvalue weighted by atomic mass is 9.95. The maximum absolute atomic E-state index is 3.71. The van der Waals surface area contributed by atoms with E-state index in [0.29, 0.717) is 6.04 Å². The van der Waals surface area contributed by atoms with Crippen molar-refractivity contribution in [3.63, 3.8) is 0 Å². The van der Waals surface area contributed by atoms with Crippen molar-refractivity contribution in [2.24, 2.45) is 0 Å². The Morgan fingerprint density at radius 1 is 1.39 bits per heavy atom. The molecule has 0 amide bonds. The predicted octanol–water partition coefficient (Wildman–Crippen LogP) is 4.52. The first kappa shape index (κ1) is 14.4. The second-order valence-electron chi connectivity index (χ2n) is 5.19. The maximum atomic E-state index is 3.71. The molecule has 1 aliphatic carbocycles. The lowest BCUT2D eigenvalue weighted by molar-refractivity contribution is 0.380. The summed E-state index contributed by atoms with van der Waals surface area (Å²) < 4.78 is 1.22. The topological polar surface area (TPSA) is 12.0 Å². The van der Waals surface area contributed by atoms with Crippen molar-refractivity contribution in [3.8, 4) is 0 Å². The van der Waals surface area contributed by atoms with Gasteiger partial charge in [-0.15, -0.1) is 0 Å². The SMILES string of the molecule is CSC1CCCC(NCc2ccc(C)c(Br)c2)C1. The third kappa shape index (κ3) is 4.01. The Morgan fingerprint density at radius 2 is 2.22 bits per heavy atom. The first-order chi connectivity index (χ1) is 8.69. The first-order valence-corrected chi connectivity index (χ1v) is 8.78. The number of hydrogen-bond donors (Lipinski definition) is 1. The van der Waals surface area contributed by atoms with Gasteiger partial charge in [-0.3, -0.25) is 0 Å². The first-order valence-electron chi connectivity index (χ1n) is 6.70. The van der Waals surface area contributed by atoms with Gasteiger partial charge in [0.15, 0.2) is 0 Å². The molecule has 0 aliphatic heterocycles. The molecule has 0 spiro atoms. The largest absolute Gasteiger partial charge is 0.310 e. The van der Waals surface area contributed by atoms with Crippen LogP contribution in [0.2, 0.25) is 0 Å². The predicted molar refractivity (Wildman–Crippen MR) is 85.3 cm³/mol. The number of rotatable bonds is 4. The molecule has 2 rings (SSSR count). The molecule has 3 heteroatoms. The summed E-state index contributed by atoms with van der Waals surface area (Å²) in [5.41, 5.74) is 2.68. The lowest BCUT2D eigenvalue weighted by Crippen LogP contribution is -2.34. The van der Waals surface area contributed by atoms with Gasteiger partial charge in [-0.05, 0) is 49.6 Å². The molecule has 0 aromatic heterocycles. The quantitative estimate of drug-likeness (QED) is 0.872. The molecule has 1 saturated carbocycles. The Bertz CT molecular complexity index is 394. The van der Waals surface area contributed by atoms with E-state index in [-0.39, 0.29) is 0 Å². The highest BCUT2D eigenvalue weighted by molar-refractivity contribution is 9.10. The second kappa shape index (κ2) is 6.97.